The Morgan fingerprint density at radius 3 is 2.53 bits per heavy atom. The Morgan fingerprint density at radius 1 is 0.933 bits per heavy atom. The van der Waals surface area contributed by atoms with Crippen molar-refractivity contribution in [1.82, 2.24) is 14.9 Å². The largest absolute Gasteiger partial charge is 0.496 e. The molecule has 30 heavy (non-hydrogen) atoms. The van der Waals surface area contributed by atoms with Crippen LogP contribution in [0.2, 0.25) is 0 Å². The van der Waals surface area contributed by atoms with Crippen LogP contribution in [0.15, 0.2) is 72.8 Å². The second-order valence-corrected chi connectivity index (χ2v) is 6.89. The predicted molar refractivity (Wildman–Crippen MR) is 115 cm³/mol. The molecule has 3 aromatic carbocycles. The normalized spacial score (nSPS) is 11.0. The number of methoxy groups -OCH3 is 1. The number of nitrogens with zero attached hydrogens (tertiary/aromatic N) is 2. The molecule has 0 saturated carbocycles. The zero-order chi connectivity index (χ0) is 20.8. The first kappa shape index (κ1) is 19.9. The van der Waals surface area contributed by atoms with Gasteiger partial charge in [-0.15, -0.1) is 0 Å². The molecule has 0 aliphatic heterocycles. The van der Waals surface area contributed by atoms with Crippen LogP contribution in [0.4, 0.5) is 4.39 Å². The van der Waals surface area contributed by atoms with Crippen molar-refractivity contribution in [3.05, 3.63) is 90.0 Å². The Balaban J connectivity index is 1.45. The lowest BCUT2D eigenvalue weighted by molar-refractivity contribution is 0.297. The van der Waals surface area contributed by atoms with Crippen LogP contribution in [0.25, 0.3) is 11.0 Å². The fourth-order valence-electron chi connectivity index (χ4n) is 3.45. The molecule has 0 amide bonds. The monoisotopic (exact) mass is 405 g/mol. The van der Waals surface area contributed by atoms with Crippen LogP contribution >= 0.6 is 0 Å². The van der Waals surface area contributed by atoms with Gasteiger partial charge in [0.15, 0.2) is 0 Å². The highest BCUT2D eigenvalue weighted by Gasteiger charge is 2.11. The third-order valence-electron chi connectivity index (χ3n) is 4.92. The lowest BCUT2D eigenvalue weighted by Crippen LogP contribution is -2.19. The Bertz CT molecular complexity index is 1110. The smallest absolute Gasteiger partial charge is 0.124 e. The summed E-state index contributed by atoms with van der Waals surface area (Å²) in [4.78, 5) is 4.79. The standard InChI is InChI=1S/C24H24FN3O2/c1-29-23-9-5-2-6-18(23)16-26-17-24-27-21-7-3-4-8-22(21)28(24)14-15-30-20-12-10-19(25)11-13-20/h2-13,26H,14-17H2,1H3. The van der Waals surface area contributed by atoms with Gasteiger partial charge in [-0.05, 0) is 42.5 Å². The summed E-state index contributed by atoms with van der Waals surface area (Å²) in [5.41, 5.74) is 3.12. The van der Waals surface area contributed by atoms with E-state index in [0.717, 1.165) is 28.2 Å². The molecule has 0 saturated heterocycles. The van der Waals surface area contributed by atoms with Crippen LogP contribution in [-0.2, 0) is 19.6 Å². The zero-order valence-corrected chi connectivity index (χ0v) is 16.8. The van der Waals surface area contributed by atoms with Gasteiger partial charge in [-0.25, -0.2) is 9.37 Å². The fraction of sp³-hybridized carbons (Fsp3) is 0.208. The van der Waals surface area contributed by atoms with Gasteiger partial charge in [0, 0.05) is 12.1 Å². The fourth-order valence-corrected chi connectivity index (χ4v) is 3.45. The van der Waals surface area contributed by atoms with E-state index in [2.05, 4.69) is 16.0 Å². The van der Waals surface area contributed by atoms with Crippen LogP contribution in [-0.4, -0.2) is 23.3 Å². The Labute approximate surface area is 175 Å². The van der Waals surface area contributed by atoms with Gasteiger partial charge < -0.3 is 19.4 Å². The van der Waals surface area contributed by atoms with E-state index in [1.54, 1.807) is 19.2 Å². The SMILES string of the molecule is COc1ccccc1CNCc1nc2ccccc2n1CCOc1ccc(F)cc1. The summed E-state index contributed by atoms with van der Waals surface area (Å²) < 4.78 is 26.4. The summed E-state index contributed by atoms with van der Waals surface area (Å²) in [6, 6.07) is 22.1. The number of hydrogen-bond donors (Lipinski definition) is 1. The third kappa shape index (κ3) is 4.60. The predicted octanol–water partition coefficient (Wildman–Crippen LogP) is 4.55. The summed E-state index contributed by atoms with van der Waals surface area (Å²) in [6.45, 7) is 2.40. The van der Waals surface area contributed by atoms with E-state index in [9.17, 15) is 4.39 Å². The van der Waals surface area contributed by atoms with Gasteiger partial charge in [0.05, 0.1) is 31.2 Å². The molecule has 6 heteroatoms. The number of rotatable bonds is 9. The molecule has 5 nitrogen and oxygen atoms in total. The van der Waals surface area contributed by atoms with Crippen molar-refractivity contribution >= 4 is 11.0 Å². The first-order valence-corrected chi connectivity index (χ1v) is 9.90. The van der Waals surface area contributed by atoms with Gasteiger partial charge in [0.2, 0.25) is 0 Å². The highest BCUT2D eigenvalue weighted by Crippen LogP contribution is 2.19. The second kappa shape index (κ2) is 9.41. The number of aromatic nitrogens is 2. The first-order valence-electron chi connectivity index (χ1n) is 9.90. The summed E-state index contributed by atoms with van der Waals surface area (Å²) in [6.07, 6.45) is 0. The molecule has 4 aromatic rings. The van der Waals surface area contributed by atoms with Crippen molar-refractivity contribution in [1.29, 1.82) is 0 Å². The zero-order valence-electron chi connectivity index (χ0n) is 16.8. The minimum atomic E-state index is -0.272. The topological polar surface area (TPSA) is 48.3 Å². The minimum Gasteiger partial charge on any atom is -0.496 e. The molecule has 0 aliphatic rings. The number of ether oxygens (including phenoxy) is 2. The van der Waals surface area contributed by atoms with Crippen molar-refractivity contribution in [3.8, 4) is 11.5 Å². The average Bonchev–Trinajstić information content (AvgIpc) is 3.13. The number of hydrogen-bond acceptors (Lipinski definition) is 4. The lowest BCUT2D eigenvalue weighted by Gasteiger charge is -2.12. The molecule has 0 atom stereocenters. The van der Waals surface area contributed by atoms with E-state index in [-0.39, 0.29) is 5.82 Å². The maximum Gasteiger partial charge on any atom is 0.124 e. The maximum atomic E-state index is 13.1. The molecule has 0 unspecified atom stereocenters. The average molecular weight is 405 g/mol. The van der Waals surface area contributed by atoms with E-state index >= 15 is 0 Å². The molecular weight excluding hydrogens is 381 g/mol. The summed E-state index contributed by atoms with van der Waals surface area (Å²) in [5.74, 6) is 2.18. The Hall–Kier alpha value is -3.38. The number of benzene rings is 3. The highest BCUT2D eigenvalue weighted by atomic mass is 19.1. The van der Waals surface area contributed by atoms with E-state index in [1.165, 1.54) is 12.1 Å². The van der Waals surface area contributed by atoms with Crippen molar-refractivity contribution in [2.75, 3.05) is 13.7 Å². The van der Waals surface area contributed by atoms with E-state index in [4.69, 9.17) is 14.5 Å². The quantitative estimate of drug-likeness (QED) is 0.444. The Morgan fingerprint density at radius 2 is 1.70 bits per heavy atom. The van der Waals surface area contributed by atoms with E-state index < -0.39 is 0 Å². The maximum absolute atomic E-state index is 13.1. The summed E-state index contributed by atoms with van der Waals surface area (Å²) >= 11 is 0. The number of para-hydroxylation sites is 3. The highest BCUT2D eigenvalue weighted by molar-refractivity contribution is 5.75. The van der Waals surface area contributed by atoms with E-state index in [0.29, 0.717) is 32.0 Å². The minimum absolute atomic E-state index is 0.272. The van der Waals surface area contributed by atoms with Crippen LogP contribution in [0.1, 0.15) is 11.4 Å². The van der Waals surface area contributed by atoms with Crippen LogP contribution in [0.3, 0.4) is 0 Å². The van der Waals surface area contributed by atoms with Crippen molar-refractivity contribution < 1.29 is 13.9 Å². The van der Waals surface area contributed by atoms with Crippen LogP contribution in [0.5, 0.6) is 11.5 Å². The van der Waals surface area contributed by atoms with Gasteiger partial charge in [-0.3, -0.25) is 0 Å². The molecule has 154 valence electrons. The van der Waals surface area contributed by atoms with E-state index in [1.807, 2.05) is 42.5 Å². The van der Waals surface area contributed by atoms with Crippen molar-refractivity contribution in [3.63, 3.8) is 0 Å². The van der Waals surface area contributed by atoms with Crippen LogP contribution in [0, 0.1) is 5.82 Å². The van der Waals surface area contributed by atoms with Gasteiger partial charge in [-0.2, -0.15) is 0 Å². The summed E-state index contributed by atoms with van der Waals surface area (Å²) in [7, 11) is 1.68. The Kier molecular flexibility index (Phi) is 6.25. The molecule has 1 aromatic heterocycles. The first-order chi connectivity index (χ1) is 14.7. The molecule has 1 heterocycles. The van der Waals surface area contributed by atoms with Crippen molar-refractivity contribution in [2.45, 2.75) is 19.6 Å². The molecule has 0 bridgehead atoms. The molecular formula is C24H24FN3O2. The molecule has 0 aliphatic carbocycles. The molecule has 0 fully saturated rings. The van der Waals surface area contributed by atoms with Crippen LogP contribution < -0.4 is 14.8 Å². The van der Waals surface area contributed by atoms with Gasteiger partial charge in [0.1, 0.15) is 29.7 Å². The number of nitrogens with one attached hydrogen (secondary N) is 1. The van der Waals surface area contributed by atoms with Gasteiger partial charge >= 0.3 is 0 Å². The third-order valence-corrected chi connectivity index (χ3v) is 4.92. The second-order valence-electron chi connectivity index (χ2n) is 6.89. The molecule has 4 rings (SSSR count). The number of imidazole rings is 1. The molecule has 0 spiro atoms. The van der Waals surface area contributed by atoms with Crippen molar-refractivity contribution in [2.24, 2.45) is 0 Å². The van der Waals surface area contributed by atoms with Gasteiger partial charge in [-0.1, -0.05) is 30.3 Å². The molecule has 0 radical (unpaired) electrons. The number of fused-ring (bicyclic) bond motifs is 1. The molecule has 1 N–H and O–H groups in total. The van der Waals surface area contributed by atoms with Gasteiger partial charge in [0.25, 0.3) is 0 Å². The lowest BCUT2D eigenvalue weighted by atomic mass is 10.2. The number of halogens is 1. The summed E-state index contributed by atoms with van der Waals surface area (Å²) in [5, 5.41) is 3.46.